The van der Waals surface area contributed by atoms with Gasteiger partial charge in [0.2, 0.25) is 11.8 Å². The SMILES string of the molecule is C[C@H]1CN(CC2CCN(CC(=O)N3CCN(C(=O)c4cc(Cc5n[nH]c(=O)c6ccccc56)ccc4F)CC3)CC2)C[C@H](C)N1C(=O)[C@H](NC(=O)OCc1ccccc1)C1CCCCC1. The molecule has 1 aliphatic carbocycles. The Kier molecular flexibility index (Phi) is 14.9. The van der Waals surface area contributed by atoms with Crippen molar-refractivity contribution in [2.45, 2.75) is 89.9 Å². The van der Waals surface area contributed by atoms with Gasteiger partial charge in [0.25, 0.3) is 11.5 Å². The third-order valence-corrected chi connectivity index (χ3v) is 14.0. The Bertz CT molecular complexity index is 2350. The van der Waals surface area contributed by atoms with Crippen LogP contribution in [-0.2, 0) is 27.4 Å². The summed E-state index contributed by atoms with van der Waals surface area (Å²) >= 11 is 0. The van der Waals surface area contributed by atoms with Gasteiger partial charge in [0.05, 0.1) is 23.2 Å². The van der Waals surface area contributed by atoms with E-state index in [9.17, 15) is 24.0 Å². The van der Waals surface area contributed by atoms with E-state index >= 15 is 4.39 Å². The summed E-state index contributed by atoms with van der Waals surface area (Å²) in [7, 11) is 0. The van der Waals surface area contributed by atoms with Gasteiger partial charge in [-0.3, -0.25) is 29.0 Å². The number of nitrogens with zero attached hydrogens (tertiary/aromatic N) is 6. The second kappa shape index (κ2) is 21.1. The van der Waals surface area contributed by atoms with E-state index in [1.807, 2.05) is 47.4 Å². The number of aromatic nitrogens is 2. The molecular weight excluding hydrogens is 828 g/mol. The lowest BCUT2D eigenvalue weighted by Gasteiger charge is -2.47. The summed E-state index contributed by atoms with van der Waals surface area (Å²) in [5.74, 6) is -0.408. The van der Waals surface area contributed by atoms with E-state index in [1.54, 1.807) is 34.1 Å². The van der Waals surface area contributed by atoms with Crippen LogP contribution in [0, 0.1) is 17.7 Å². The minimum atomic E-state index is -0.609. The smallest absolute Gasteiger partial charge is 0.408 e. The molecule has 346 valence electrons. The highest BCUT2D eigenvalue weighted by Gasteiger charge is 2.41. The second-order valence-electron chi connectivity index (χ2n) is 18.7. The molecule has 14 nitrogen and oxygen atoms in total. The number of likely N-dealkylation sites (tertiary alicyclic amines) is 1. The lowest BCUT2D eigenvalue weighted by atomic mass is 9.83. The Hall–Kier alpha value is -5.67. The third kappa shape index (κ3) is 11.2. The van der Waals surface area contributed by atoms with Crippen molar-refractivity contribution >= 4 is 34.6 Å². The van der Waals surface area contributed by atoms with Crippen LogP contribution in [0.4, 0.5) is 9.18 Å². The van der Waals surface area contributed by atoms with E-state index in [-0.39, 0.29) is 47.5 Å². The highest BCUT2D eigenvalue weighted by atomic mass is 19.1. The minimum Gasteiger partial charge on any atom is -0.445 e. The van der Waals surface area contributed by atoms with Crippen molar-refractivity contribution in [1.29, 1.82) is 0 Å². The monoisotopic (exact) mass is 890 g/mol. The molecule has 4 aromatic rings. The number of amides is 4. The minimum absolute atomic E-state index is 0.00881. The maximum Gasteiger partial charge on any atom is 0.408 e. The van der Waals surface area contributed by atoms with Crippen LogP contribution in [0.25, 0.3) is 10.8 Å². The van der Waals surface area contributed by atoms with Crippen molar-refractivity contribution in [2.24, 2.45) is 11.8 Å². The number of fused-ring (bicyclic) bond motifs is 1. The molecule has 0 radical (unpaired) electrons. The standard InChI is InChI=1S/C50H63FN8O6/c1-34-29-56(30-35(2)59(34)49(63)46(39-13-7-4-8-14-39)52-50(64)65-33-37-11-5-3-6-12-37)31-36-19-21-55(22-20-36)32-45(60)57-23-25-58(26-24-57)48(62)42-27-38(17-18-43(42)51)28-44-40-15-9-10-16-41(40)47(61)54-53-44/h3,5-6,9-12,15-18,27,34-36,39,46H,4,7-8,13-14,19-26,28-33H2,1-2H3,(H,52,64)(H,54,61)/t34-,35-,46+/m0/s1. The highest BCUT2D eigenvalue weighted by Crippen LogP contribution is 2.30. The molecule has 3 saturated heterocycles. The number of H-pyrrole nitrogens is 1. The number of halogens is 1. The predicted molar refractivity (Wildman–Crippen MR) is 246 cm³/mol. The molecule has 1 saturated carbocycles. The molecule has 1 aromatic heterocycles. The summed E-state index contributed by atoms with van der Waals surface area (Å²) in [6.45, 7) is 10.2. The van der Waals surface area contributed by atoms with Gasteiger partial charge in [0.1, 0.15) is 18.5 Å². The number of alkyl carbamates (subject to hydrolysis) is 1. The molecule has 65 heavy (non-hydrogen) atoms. The van der Waals surface area contributed by atoms with Crippen LogP contribution in [0.15, 0.2) is 77.6 Å². The molecule has 8 rings (SSSR count). The third-order valence-electron chi connectivity index (χ3n) is 14.0. The van der Waals surface area contributed by atoms with E-state index < -0.39 is 23.9 Å². The number of piperidine rings is 1. The van der Waals surface area contributed by atoms with E-state index in [0.29, 0.717) is 67.1 Å². The van der Waals surface area contributed by atoms with Gasteiger partial charge in [-0.25, -0.2) is 14.3 Å². The van der Waals surface area contributed by atoms with Crippen molar-refractivity contribution in [3.8, 4) is 0 Å². The van der Waals surface area contributed by atoms with Crippen LogP contribution in [0.1, 0.15) is 86.0 Å². The maximum absolute atomic E-state index is 15.1. The largest absolute Gasteiger partial charge is 0.445 e. The normalized spacial score (nSPS) is 21.0. The highest BCUT2D eigenvalue weighted by molar-refractivity contribution is 5.95. The number of hydrogen-bond donors (Lipinski definition) is 2. The molecule has 0 unspecified atom stereocenters. The van der Waals surface area contributed by atoms with Gasteiger partial charge in [-0.05, 0) is 93.8 Å². The van der Waals surface area contributed by atoms with Gasteiger partial charge < -0.3 is 24.8 Å². The number of ether oxygens (including phenoxy) is 1. The Morgan fingerprint density at radius 1 is 0.785 bits per heavy atom. The summed E-state index contributed by atoms with van der Waals surface area (Å²) in [6.07, 6.45) is 6.82. The number of aromatic amines is 1. The quantitative estimate of drug-likeness (QED) is 0.190. The topological polar surface area (TPSA) is 151 Å². The zero-order valence-corrected chi connectivity index (χ0v) is 37.8. The number of piperazine rings is 2. The van der Waals surface area contributed by atoms with Crippen molar-refractivity contribution < 1.29 is 28.3 Å². The van der Waals surface area contributed by atoms with Crippen molar-refractivity contribution in [3.05, 3.63) is 111 Å². The second-order valence-corrected chi connectivity index (χ2v) is 18.7. The van der Waals surface area contributed by atoms with Crippen LogP contribution in [0.2, 0.25) is 0 Å². The van der Waals surface area contributed by atoms with E-state index in [1.165, 1.54) is 6.07 Å². The fraction of sp³-hybridized carbons (Fsp3) is 0.520. The summed E-state index contributed by atoms with van der Waals surface area (Å²) in [5, 5.41) is 11.0. The van der Waals surface area contributed by atoms with Crippen molar-refractivity contribution in [2.75, 3.05) is 65.4 Å². The molecule has 0 spiro atoms. The molecule has 4 fully saturated rings. The molecule has 4 heterocycles. The molecule has 4 aliphatic rings. The lowest BCUT2D eigenvalue weighted by molar-refractivity contribution is -0.143. The average molecular weight is 891 g/mol. The Morgan fingerprint density at radius 2 is 1.45 bits per heavy atom. The lowest BCUT2D eigenvalue weighted by Crippen LogP contribution is -2.64. The summed E-state index contributed by atoms with van der Waals surface area (Å²) in [6, 6.07) is 20.6. The molecule has 4 amide bonds. The van der Waals surface area contributed by atoms with E-state index in [4.69, 9.17) is 4.74 Å². The van der Waals surface area contributed by atoms with Gasteiger partial charge in [-0.15, -0.1) is 0 Å². The van der Waals surface area contributed by atoms with Crippen molar-refractivity contribution in [1.82, 2.24) is 40.0 Å². The van der Waals surface area contributed by atoms with Crippen LogP contribution in [-0.4, -0.2) is 142 Å². The number of nitrogens with one attached hydrogen (secondary N) is 2. The first-order valence-electron chi connectivity index (χ1n) is 23.6. The zero-order chi connectivity index (χ0) is 45.5. The Balaban J connectivity index is 0.774. The Labute approximate surface area is 380 Å². The number of carbonyl (C=O) groups excluding carboxylic acids is 4. The molecule has 3 aromatic carbocycles. The van der Waals surface area contributed by atoms with E-state index in [2.05, 4.69) is 39.2 Å². The van der Waals surface area contributed by atoms with Crippen LogP contribution in [0.3, 0.4) is 0 Å². The first kappa shape index (κ1) is 45.9. The Morgan fingerprint density at radius 3 is 2.15 bits per heavy atom. The number of hydrogen-bond acceptors (Lipinski definition) is 9. The average Bonchev–Trinajstić information content (AvgIpc) is 3.32. The molecular formula is C50H63FN8O6. The first-order valence-corrected chi connectivity index (χ1v) is 23.6. The van der Waals surface area contributed by atoms with Gasteiger partial charge in [-0.2, -0.15) is 5.10 Å². The number of rotatable bonds is 12. The fourth-order valence-corrected chi connectivity index (χ4v) is 10.6. The molecule has 2 N–H and O–H groups in total. The van der Waals surface area contributed by atoms with Crippen molar-refractivity contribution in [3.63, 3.8) is 0 Å². The number of benzene rings is 3. The summed E-state index contributed by atoms with van der Waals surface area (Å²) < 4.78 is 20.7. The van der Waals surface area contributed by atoms with Crippen LogP contribution < -0.4 is 10.9 Å². The first-order chi connectivity index (χ1) is 31.5. The van der Waals surface area contributed by atoms with Gasteiger partial charge in [-0.1, -0.05) is 73.9 Å². The number of carbonyl (C=O) groups is 4. The van der Waals surface area contributed by atoms with Crippen LogP contribution in [0.5, 0.6) is 0 Å². The van der Waals surface area contributed by atoms with Crippen LogP contribution >= 0.6 is 0 Å². The predicted octanol–water partition coefficient (Wildman–Crippen LogP) is 5.45. The summed E-state index contributed by atoms with van der Waals surface area (Å²) in [5.41, 5.74) is 1.92. The van der Waals surface area contributed by atoms with Gasteiger partial charge in [0.15, 0.2) is 0 Å². The zero-order valence-electron chi connectivity index (χ0n) is 37.8. The molecule has 3 atom stereocenters. The molecule has 15 heteroatoms. The maximum atomic E-state index is 15.1. The fourth-order valence-electron chi connectivity index (χ4n) is 10.6. The molecule has 3 aliphatic heterocycles. The van der Waals surface area contributed by atoms with Gasteiger partial charge in [0, 0.05) is 69.7 Å². The summed E-state index contributed by atoms with van der Waals surface area (Å²) in [4.78, 5) is 76.8. The van der Waals surface area contributed by atoms with Gasteiger partial charge >= 0.3 is 6.09 Å². The van der Waals surface area contributed by atoms with E-state index in [0.717, 1.165) is 83.2 Å². The molecule has 0 bridgehead atoms.